The summed E-state index contributed by atoms with van der Waals surface area (Å²) in [5, 5.41) is 3.22. The number of hydrogen-bond donors (Lipinski definition) is 1. The summed E-state index contributed by atoms with van der Waals surface area (Å²) in [6, 6.07) is 1.79. The van der Waals surface area contributed by atoms with Crippen molar-refractivity contribution in [1.29, 1.82) is 0 Å². The van der Waals surface area contributed by atoms with E-state index in [0.29, 0.717) is 28.3 Å². The molecule has 1 aliphatic rings. The largest absolute Gasteiger partial charge is 0.312 e. The maximum Gasteiger partial charge on any atom is 0.245 e. The maximum absolute atomic E-state index is 12.7. The van der Waals surface area contributed by atoms with Crippen molar-refractivity contribution in [2.45, 2.75) is 38.6 Å². The van der Waals surface area contributed by atoms with Crippen LogP contribution in [0, 0.1) is 5.41 Å². The van der Waals surface area contributed by atoms with Gasteiger partial charge < -0.3 is 5.32 Å². The molecule has 0 atom stereocenters. The highest BCUT2D eigenvalue weighted by atomic mass is 79.9. The van der Waals surface area contributed by atoms with Crippen LogP contribution in [0.1, 0.15) is 32.1 Å². The van der Waals surface area contributed by atoms with E-state index in [1.807, 2.05) is 6.92 Å². The Morgan fingerprint density at radius 1 is 1.50 bits per heavy atom. The number of nitrogens with zero attached hydrogens (tertiary/aromatic N) is 1. The first-order valence-corrected chi connectivity index (χ1v) is 9.80. The topological polar surface area (TPSA) is 49.4 Å². The van der Waals surface area contributed by atoms with E-state index in [1.165, 1.54) is 11.3 Å². The van der Waals surface area contributed by atoms with Gasteiger partial charge in [0, 0.05) is 24.5 Å². The molecule has 0 aromatic carbocycles. The molecule has 0 spiro atoms. The van der Waals surface area contributed by atoms with E-state index < -0.39 is 10.0 Å². The molecule has 0 aliphatic carbocycles. The van der Waals surface area contributed by atoms with Gasteiger partial charge in [-0.05, 0) is 40.4 Å². The minimum absolute atomic E-state index is 0.0716. The van der Waals surface area contributed by atoms with Gasteiger partial charge in [-0.1, -0.05) is 20.8 Å². The first kappa shape index (κ1) is 16.4. The predicted molar refractivity (Wildman–Crippen MR) is 86.6 cm³/mol. The zero-order valence-corrected chi connectivity index (χ0v) is 15.3. The van der Waals surface area contributed by atoms with Gasteiger partial charge in [0.25, 0.3) is 0 Å². The molecule has 114 valence electrons. The molecule has 0 amide bonds. The molecule has 1 fully saturated rings. The van der Waals surface area contributed by atoms with E-state index in [0.717, 1.165) is 17.8 Å². The molecular weight excluding hydrogens is 360 g/mol. The summed E-state index contributed by atoms with van der Waals surface area (Å²) >= 11 is 4.89. The second-order valence-corrected chi connectivity index (χ2v) is 10.2. The molecule has 0 unspecified atom stereocenters. The maximum atomic E-state index is 12.7. The number of halogens is 1. The fourth-order valence-corrected chi connectivity index (χ4v) is 6.55. The summed E-state index contributed by atoms with van der Waals surface area (Å²) in [5.74, 6) is 0. The Morgan fingerprint density at radius 2 is 2.20 bits per heavy atom. The van der Waals surface area contributed by atoms with Crippen LogP contribution in [-0.2, 0) is 16.6 Å². The van der Waals surface area contributed by atoms with Crippen molar-refractivity contribution in [2.75, 3.05) is 19.6 Å². The highest BCUT2D eigenvalue weighted by Gasteiger charge is 2.38. The Hall–Kier alpha value is 0.0500. The zero-order valence-electron chi connectivity index (χ0n) is 12.1. The molecule has 0 saturated carbocycles. The van der Waals surface area contributed by atoms with Crippen LogP contribution in [0.4, 0.5) is 0 Å². The van der Waals surface area contributed by atoms with Gasteiger partial charge in [-0.15, -0.1) is 11.3 Å². The Kier molecular flexibility index (Phi) is 4.96. The van der Waals surface area contributed by atoms with E-state index >= 15 is 0 Å². The van der Waals surface area contributed by atoms with Crippen molar-refractivity contribution in [2.24, 2.45) is 5.41 Å². The van der Waals surface area contributed by atoms with E-state index in [9.17, 15) is 8.42 Å². The van der Waals surface area contributed by atoms with Crippen LogP contribution < -0.4 is 5.32 Å². The number of hydrogen-bond acceptors (Lipinski definition) is 4. The Balaban J connectivity index is 2.24. The van der Waals surface area contributed by atoms with Gasteiger partial charge in [0.2, 0.25) is 10.0 Å². The van der Waals surface area contributed by atoms with Gasteiger partial charge in [0.1, 0.15) is 4.90 Å². The average Bonchev–Trinajstić information content (AvgIpc) is 2.90. The molecule has 1 aliphatic heterocycles. The average molecular weight is 381 g/mol. The first-order valence-electron chi connectivity index (χ1n) is 6.75. The molecule has 0 radical (unpaired) electrons. The molecule has 1 N–H and O–H groups in total. The molecule has 1 aromatic rings. The molecule has 4 nitrogen and oxygen atoms in total. The quantitative estimate of drug-likeness (QED) is 0.853. The first-order chi connectivity index (χ1) is 9.26. The third-order valence-electron chi connectivity index (χ3n) is 3.52. The predicted octanol–water partition coefficient (Wildman–Crippen LogP) is 3.04. The summed E-state index contributed by atoms with van der Waals surface area (Å²) in [6.45, 7) is 9.05. The van der Waals surface area contributed by atoms with Crippen LogP contribution in [-0.4, -0.2) is 32.4 Å². The van der Waals surface area contributed by atoms with Crippen molar-refractivity contribution in [3.8, 4) is 0 Å². The molecule has 20 heavy (non-hydrogen) atoms. The smallest absolute Gasteiger partial charge is 0.245 e. The number of thiophene rings is 1. The lowest BCUT2D eigenvalue weighted by Gasteiger charge is -2.19. The van der Waals surface area contributed by atoms with E-state index in [-0.39, 0.29) is 5.41 Å². The number of rotatable bonds is 5. The Morgan fingerprint density at radius 3 is 2.75 bits per heavy atom. The minimum Gasteiger partial charge on any atom is -0.312 e. The monoisotopic (exact) mass is 380 g/mol. The molecule has 7 heteroatoms. The standard InChI is InChI=1S/C13H21BrN2O2S2/c1-4-15-8-10-7-11(12(14)19-10)20(17,18)16-6-5-13(2,3)9-16/h7,15H,4-6,8-9H2,1-3H3. The van der Waals surface area contributed by atoms with Gasteiger partial charge in [0.05, 0.1) is 3.79 Å². The van der Waals surface area contributed by atoms with Crippen molar-refractivity contribution in [3.63, 3.8) is 0 Å². The minimum atomic E-state index is -3.38. The molecule has 2 heterocycles. The number of sulfonamides is 1. The summed E-state index contributed by atoms with van der Waals surface area (Å²) in [4.78, 5) is 1.45. The lowest BCUT2D eigenvalue weighted by molar-refractivity contribution is 0.375. The van der Waals surface area contributed by atoms with Crippen LogP contribution in [0.15, 0.2) is 14.7 Å². The summed E-state index contributed by atoms with van der Waals surface area (Å²) < 4.78 is 27.7. The number of nitrogens with one attached hydrogen (secondary N) is 1. The lowest BCUT2D eigenvalue weighted by Crippen LogP contribution is -2.30. The van der Waals surface area contributed by atoms with Gasteiger partial charge in [-0.2, -0.15) is 4.31 Å². The molecule has 1 aromatic heterocycles. The van der Waals surface area contributed by atoms with Gasteiger partial charge in [-0.3, -0.25) is 0 Å². The van der Waals surface area contributed by atoms with E-state index in [4.69, 9.17) is 0 Å². The molecule has 2 rings (SSSR count). The Labute approximate surface area is 133 Å². The van der Waals surface area contributed by atoms with Crippen molar-refractivity contribution < 1.29 is 8.42 Å². The SMILES string of the molecule is CCNCc1cc(S(=O)(=O)N2CCC(C)(C)C2)c(Br)s1. The zero-order chi connectivity index (χ0) is 15.0. The molecular formula is C13H21BrN2O2S2. The van der Waals surface area contributed by atoms with E-state index in [1.54, 1.807) is 10.4 Å². The van der Waals surface area contributed by atoms with Crippen LogP contribution in [0.5, 0.6) is 0 Å². The van der Waals surface area contributed by atoms with E-state index in [2.05, 4.69) is 35.1 Å². The Bertz CT molecular complexity index is 581. The normalized spacial score (nSPS) is 19.6. The fourth-order valence-electron chi connectivity index (χ4n) is 2.32. The highest BCUT2D eigenvalue weighted by Crippen LogP contribution is 2.37. The van der Waals surface area contributed by atoms with Crippen LogP contribution in [0.3, 0.4) is 0 Å². The van der Waals surface area contributed by atoms with Crippen molar-refractivity contribution >= 4 is 37.3 Å². The summed E-state index contributed by atoms with van der Waals surface area (Å²) in [5.41, 5.74) is 0.0716. The van der Waals surface area contributed by atoms with Crippen LogP contribution >= 0.6 is 27.3 Å². The third-order valence-corrected chi connectivity index (χ3v) is 7.61. The fraction of sp³-hybridized carbons (Fsp3) is 0.692. The van der Waals surface area contributed by atoms with Crippen LogP contribution in [0.25, 0.3) is 0 Å². The summed E-state index contributed by atoms with van der Waals surface area (Å²) in [6.07, 6.45) is 0.915. The summed E-state index contributed by atoms with van der Waals surface area (Å²) in [7, 11) is -3.38. The van der Waals surface area contributed by atoms with Gasteiger partial charge in [-0.25, -0.2) is 8.42 Å². The van der Waals surface area contributed by atoms with Crippen molar-refractivity contribution in [1.82, 2.24) is 9.62 Å². The molecule has 0 bridgehead atoms. The van der Waals surface area contributed by atoms with Gasteiger partial charge in [0.15, 0.2) is 0 Å². The third kappa shape index (κ3) is 3.44. The van der Waals surface area contributed by atoms with Crippen LogP contribution in [0.2, 0.25) is 0 Å². The van der Waals surface area contributed by atoms with Crippen molar-refractivity contribution in [3.05, 3.63) is 14.7 Å². The highest BCUT2D eigenvalue weighted by molar-refractivity contribution is 9.11. The lowest BCUT2D eigenvalue weighted by atomic mass is 9.93. The second-order valence-electron chi connectivity index (χ2n) is 5.88. The second kappa shape index (κ2) is 6.04. The van der Waals surface area contributed by atoms with Gasteiger partial charge >= 0.3 is 0 Å². The molecule has 1 saturated heterocycles.